The van der Waals surface area contributed by atoms with Crippen molar-refractivity contribution in [3.8, 4) is 0 Å². The molecule has 0 spiro atoms. The molecule has 5 rings (SSSR count). The minimum atomic E-state index is -1.20. The summed E-state index contributed by atoms with van der Waals surface area (Å²) < 4.78 is 13.8. The molecule has 0 unspecified atom stereocenters. The van der Waals surface area contributed by atoms with Crippen molar-refractivity contribution in [3.05, 3.63) is 107 Å². The van der Waals surface area contributed by atoms with Gasteiger partial charge in [0, 0.05) is 56.4 Å². The summed E-state index contributed by atoms with van der Waals surface area (Å²) in [7, 11) is 0. The fourth-order valence-corrected chi connectivity index (χ4v) is 6.79. The minimum Gasteiger partial charge on any atom is -0.481 e. The van der Waals surface area contributed by atoms with Crippen molar-refractivity contribution in [1.82, 2.24) is 31.2 Å². The lowest BCUT2D eigenvalue weighted by Crippen LogP contribution is -2.60. The zero-order valence-corrected chi connectivity index (χ0v) is 30.9. The number of aromatic nitrogens is 1. The second kappa shape index (κ2) is 18.8. The first-order chi connectivity index (χ1) is 26.4. The SMILES string of the molecule is CC(=O)N[C@@H](CCC(=O)O)C(=O)N1CCCC[C@H]1C(=O)N[C@@H](Cc1c[nH]c2ccccc12)C(=O)N[C@@H](Cc1ccc(F)cc1)C(=O)NCc1ccc(C)cc1. The Balaban J connectivity index is 1.40. The number of H-pyrrole nitrogens is 1. The number of likely N-dealkylation sites (tertiary alicyclic amines) is 1. The molecule has 4 aromatic rings. The van der Waals surface area contributed by atoms with Crippen LogP contribution in [-0.4, -0.2) is 81.2 Å². The van der Waals surface area contributed by atoms with Crippen molar-refractivity contribution in [3.63, 3.8) is 0 Å². The van der Waals surface area contributed by atoms with Gasteiger partial charge >= 0.3 is 5.97 Å². The molecular formula is C41H47FN6O7. The monoisotopic (exact) mass is 754 g/mol. The number of benzene rings is 3. The number of piperidine rings is 1. The van der Waals surface area contributed by atoms with E-state index in [1.54, 1.807) is 6.20 Å². The van der Waals surface area contributed by atoms with E-state index in [1.165, 1.54) is 36.1 Å². The summed E-state index contributed by atoms with van der Waals surface area (Å²) in [5.74, 6) is -4.42. The van der Waals surface area contributed by atoms with Gasteiger partial charge in [-0.15, -0.1) is 0 Å². The van der Waals surface area contributed by atoms with Crippen LogP contribution in [0.5, 0.6) is 0 Å². The molecule has 1 saturated heterocycles. The van der Waals surface area contributed by atoms with Crippen molar-refractivity contribution in [2.75, 3.05) is 6.54 Å². The van der Waals surface area contributed by atoms with Gasteiger partial charge < -0.3 is 36.3 Å². The average molecular weight is 755 g/mol. The van der Waals surface area contributed by atoms with E-state index >= 15 is 0 Å². The molecule has 0 aliphatic carbocycles. The molecule has 55 heavy (non-hydrogen) atoms. The zero-order chi connectivity index (χ0) is 39.5. The summed E-state index contributed by atoms with van der Waals surface area (Å²) in [6.07, 6.45) is 2.76. The van der Waals surface area contributed by atoms with Crippen molar-refractivity contribution in [2.45, 2.75) is 89.5 Å². The first kappa shape index (κ1) is 40.1. The van der Waals surface area contributed by atoms with E-state index < -0.39 is 65.5 Å². The number of carboxylic acid groups (broad SMARTS) is 1. The average Bonchev–Trinajstić information content (AvgIpc) is 3.58. The third-order valence-corrected chi connectivity index (χ3v) is 9.72. The molecule has 1 aliphatic heterocycles. The summed E-state index contributed by atoms with van der Waals surface area (Å²) in [5, 5.41) is 21.2. The van der Waals surface area contributed by atoms with E-state index in [0.29, 0.717) is 18.4 Å². The molecule has 14 heteroatoms. The highest BCUT2D eigenvalue weighted by Gasteiger charge is 2.38. The van der Waals surface area contributed by atoms with Crippen molar-refractivity contribution < 1.29 is 38.3 Å². The van der Waals surface area contributed by atoms with E-state index in [0.717, 1.165) is 27.6 Å². The van der Waals surface area contributed by atoms with Crippen LogP contribution in [0.1, 0.15) is 61.3 Å². The Labute approximate surface area is 318 Å². The van der Waals surface area contributed by atoms with Gasteiger partial charge in [0.2, 0.25) is 29.5 Å². The number of hydrogen-bond donors (Lipinski definition) is 6. The van der Waals surface area contributed by atoms with Crippen molar-refractivity contribution in [1.29, 1.82) is 0 Å². The summed E-state index contributed by atoms with van der Waals surface area (Å²) >= 11 is 0. The van der Waals surface area contributed by atoms with Crippen molar-refractivity contribution >= 4 is 46.4 Å². The third kappa shape index (κ3) is 11.2. The summed E-state index contributed by atoms with van der Waals surface area (Å²) in [6, 6.07) is 16.2. The highest BCUT2D eigenvalue weighted by atomic mass is 19.1. The minimum absolute atomic E-state index is 0.0314. The van der Waals surface area contributed by atoms with Crippen LogP contribution < -0.4 is 21.3 Å². The Morgan fingerprint density at radius 2 is 1.53 bits per heavy atom. The van der Waals surface area contributed by atoms with Crippen LogP contribution in [0.25, 0.3) is 10.9 Å². The van der Waals surface area contributed by atoms with Gasteiger partial charge in [-0.3, -0.25) is 28.8 Å². The standard InChI is InChI=1S/C41H47FN6O7/c1-25-10-12-28(13-11-25)23-44-38(52)34(21-27-14-16-30(42)17-15-27)46-39(53)35(22-29-24-43-32-8-4-3-7-31(29)32)47-40(54)36-9-5-6-20-48(36)41(55)33(45-26(2)49)18-19-37(50)51/h3-4,7-8,10-17,24,33-36,43H,5-6,9,18-23H2,1-2H3,(H,44,52)(H,45,49)(H,46,53)(H,47,54)(H,50,51)/t33-,34-,35-,36-/m0/s1. The molecule has 0 saturated carbocycles. The number of nitrogens with one attached hydrogen (secondary N) is 5. The van der Waals surface area contributed by atoms with Crippen LogP contribution in [0.15, 0.2) is 79.0 Å². The molecule has 13 nitrogen and oxygen atoms in total. The van der Waals surface area contributed by atoms with Gasteiger partial charge in [-0.1, -0.05) is 60.2 Å². The van der Waals surface area contributed by atoms with Gasteiger partial charge in [0.25, 0.3) is 0 Å². The highest BCUT2D eigenvalue weighted by molar-refractivity contribution is 5.96. The van der Waals surface area contributed by atoms with Crippen LogP contribution in [-0.2, 0) is 48.2 Å². The molecule has 3 aromatic carbocycles. The molecule has 6 N–H and O–H groups in total. The van der Waals surface area contributed by atoms with E-state index in [-0.39, 0.29) is 45.2 Å². The van der Waals surface area contributed by atoms with Crippen LogP contribution in [0.3, 0.4) is 0 Å². The third-order valence-electron chi connectivity index (χ3n) is 9.72. The van der Waals surface area contributed by atoms with Crippen LogP contribution in [0.2, 0.25) is 0 Å². The summed E-state index contributed by atoms with van der Waals surface area (Å²) in [4.78, 5) is 83.8. The van der Waals surface area contributed by atoms with Gasteiger partial charge in [-0.05, 0) is 67.5 Å². The number of carboxylic acids is 1. The topological polar surface area (TPSA) is 190 Å². The Morgan fingerprint density at radius 1 is 0.836 bits per heavy atom. The Kier molecular flexibility index (Phi) is 13.7. The fourth-order valence-electron chi connectivity index (χ4n) is 6.79. The van der Waals surface area contributed by atoms with Gasteiger partial charge in [0.1, 0.15) is 30.0 Å². The van der Waals surface area contributed by atoms with Crippen LogP contribution in [0, 0.1) is 12.7 Å². The highest BCUT2D eigenvalue weighted by Crippen LogP contribution is 2.22. The maximum Gasteiger partial charge on any atom is 0.303 e. The number of halogens is 1. The maximum atomic E-state index is 14.3. The van der Waals surface area contributed by atoms with Crippen LogP contribution in [0.4, 0.5) is 4.39 Å². The van der Waals surface area contributed by atoms with E-state index in [2.05, 4.69) is 26.3 Å². The number of hydrogen-bond acceptors (Lipinski definition) is 6. The lowest BCUT2D eigenvalue weighted by molar-refractivity contribution is -0.146. The van der Waals surface area contributed by atoms with Crippen LogP contribution >= 0.6 is 0 Å². The Morgan fingerprint density at radius 3 is 2.24 bits per heavy atom. The van der Waals surface area contributed by atoms with Gasteiger partial charge in [-0.2, -0.15) is 0 Å². The molecule has 0 radical (unpaired) electrons. The summed E-state index contributed by atoms with van der Waals surface area (Å²) in [5.41, 5.74) is 4.06. The number of nitrogens with zero attached hydrogens (tertiary/aromatic N) is 1. The number of aliphatic carboxylic acids is 1. The number of aromatic amines is 1. The second-order valence-corrected chi connectivity index (χ2v) is 13.9. The number of rotatable bonds is 16. The maximum absolute atomic E-state index is 14.3. The number of amides is 5. The molecule has 290 valence electrons. The normalized spacial score (nSPS) is 15.7. The van der Waals surface area contributed by atoms with E-state index in [1.807, 2.05) is 55.5 Å². The van der Waals surface area contributed by atoms with E-state index in [9.17, 15) is 38.3 Å². The lowest BCUT2D eigenvalue weighted by Gasteiger charge is -2.37. The molecular weight excluding hydrogens is 707 g/mol. The second-order valence-electron chi connectivity index (χ2n) is 13.9. The molecule has 0 bridgehead atoms. The molecule has 2 heterocycles. The zero-order valence-electron chi connectivity index (χ0n) is 30.9. The van der Waals surface area contributed by atoms with Gasteiger partial charge in [0.15, 0.2) is 0 Å². The first-order valence-corrected chi connectivity index (χ1v) is 18.4. The predicted octanol–water partition coefficient (Wildman–Crippen LogP) is 3.44. The van der Waals surface area contributed by atoms with Gasteiger partial charge in [0.05, 0.1) is 0 Å². The lowest BCUT2D eigenvalue weighted by atomic mass is 9.97. The summed E-state index contributed by atoms with van der Waals surface area (Å²) in [6.45, 7) is 3.57. The quantitative estimate of drug-likeness (QED) is 0.101. The fraction of sp³-hybridized carbons (Fsp3) is 0.366. The Hall–Kier alpha value is -6.05. The number of para-hydroxylation sites is 1. The Bertz CT molecular complexity index is 2000. The van der Waals surface area contributed by atoms with Crippen molar-refractivity contribution in [2.24, 2.45) is 0 Å². The molecule has 1 aromatic heterocycles. The largest absolute Gasteiger partial charge is 0.481 e. The van der Waals surface area contributed by atoms with Gasteiger partial charge in [-0.25, -0.2) is 4.39 Å². The number of carbonyl (C=O) groups excluding carboxylic acids is 5. The number of aryl methyl sites for hydroxylation is 1. The smallest absolute Gasteiger partial charge is 0.303 e. The van der Waals surface area contributed by atoms with E-state index in [4.69, 9.17) is 0 Å². The predicted molar refractivity (Wildman–Crippen MR) is 203 cm³/mol. The molecule has 5 amide bonds. The molecule has 1 fully saturated rings. The first-order valence-electron chi connectivity index (χ1n) is 18.4. The molecule has 4 atom stereocenters. The number of carbonyl (C=O) groups is 6. The molecule has 1 aliphatic rings. The number of fused-ring (bicyclic) bond motifs is 1.